The SMILES string of the molecule is O=C1CS[C@H](c2ccccc2NC(=O)C23CC4CC(CC(C4)C2)C3)N1c1cc(F)ccc1F. The lowest BCUT2D eigenvalue weighted by atomic mass is 9.49. The fourth-order valence-corrected chi connectivity index (χ4v) is 8.26. The van der Waals surface area contributed by atoms with E-state index in [4.69, 9.17) is 0 Å². The van der Waals surface area contributed by atoms with Crippen molar-refractivity contribution in [2.45, 2.75) is 43.9 Å². The zero-order valence-electron chi connectivity index (χ0n) is 18.2. The molecule has 7 heteroatoms. The molecule has 0 aromatic heterocycles. The van der Waals surface area contributed by atoms with Crippen LogP contribution in [0.5, 0.6) is 0 Å². The lowest BCUT2D eigenvalue weighted by Gasteiger charge is -2.55. The molecule has 0 unspecified atom stereocenters. The Morgan fingerprint density at radius 3 is 2.36 bits per heavy atom. The van der Waals surface area contributed by atoms with Gasteiger partial charge in [-0.2, -0.15) is 0 Å². The molecular formula is C26H26F2N2O2S. The first-order chi connectivity index (χ1) is 15.9. The van der Waals surface area contributed by atoms with Gasteiger partial charge in [0.1, 0.15) is 17.0 Å². The monoisotopic (exact) mass is 468 g/mol. The van der Waals surface area contributed by atoms with Crippen molar-refractivity contribution in [1.29, 1.82) is 0 Å². The second-order valence-electron chi connectivity index (χ2n) is 10.3. The van der Waals surface area contributed by atoms with E-state index >= 15 is 0 Å². The minimum absolute atomic E-state index is 0.0720. The molecule has 1 saturated heterocycles. The van der Waals surface area contributed by atoms with Crippen molar-refractivity contribution in [3.8, 4) is 0 Å². The molecule has 4 saturated carbocycles. The minimum atomic E-state index is -0.646. The van der Waals surface area contributed by atoms with Gasteiger partial charge in [0.05, 0.1) is 16.9 Å². The number of amides is 2. The fraction of sp³-hybridized carbons (Fsp3) is 0.462. The second-order valence-corrected chi connectivity index (χ2v) is 11.3. The van der Waals surface area contributed by atoms with Gasteiger partial charge in [-0.25, -0.2) is 8.78 Å². The number of hydrogen-bond donors (Lipinski definition) is 1. The predicted molar refractivity (Wildman–Crippen MR) is 125 cm³/mol. The van der Waals surface area contributed by atoms with Crippen LogP contribution in [0.2, 0.25) is 0 Å². The molecule has 33 heavy (non-hydrogen) atoms. The molecule has 5 fully saturated rings. The number of halogens is 2. The molecule has 1 N–H and O–H groups in total. The molecule has 4 aliphatic carbocycles. The van der Waals surface area contributed by atoms with E-state index in [9.17, 15) is 18.4 Å². The third kappa shape index (κ3) is 3.56. The number of carbonyl (C=O) groups is 2. The zero-order valence-corrected chi connectivity index (χ0v) is 19.0. The molecule has 5 aliphatic rings. The van der Waals surface area contributed by atoms with Gasteiger partial charge in [-0.15, -0.1) is 11.8 Å². The third-order valence-electron chi connectivity index (χ3n) is 8.03. The van der Waals surface area contributed by atoms with Crippen LogP contribution in [0.1, 0.15) is 49.5 Å². The van der Waals surface area contributed by atoms with Crippen molar-refractivity contribution >= 4 is 35.0 Å². The molecule has 0 radical (unpaired) electrons. The van der Waals surface area contributed by atoms with Crippen LogP contribution in [0.15, 0.2) is 42.5 Å². The quantitative estimate of drug-likeness (QED) is 0.608. The first-order valence-corrected chi connectivity index (χ1v) is 12.8. The summed E-state index contributed by atoms with van der Waals surface area (Å²) in [5, 5.41) is 2.66. The van der Waals surface area contributed by atoms with Gasteiger partial charge in [-0.3, -0.25) is 14.5 Å². The Balaban J connectivity index is 1.31. The highest BCUT2D eigenvalue weighted by Gasteiger charge is 2.54. The predicted octanol–water partition coefficient (Wildman–Crippen LogP) is 5.90. The lowest BCUT2D eigenvalue weighted by Crippen LogP contribution is -2.51. The summed E-state index contributed by atoms with van der Waals surface area (Å²) in [5.74, 6) is 0.692. The lowest BCUT2D eigenvalue weighted by molar-refractivity contribution is -0.140. The van der Waals surface area contributed by atoms with Gasteiger partial charge in [0.2, 0.25) is 11.8 Å². The maximum absolute atomic E-state index is 14.6. The Hall–Kier alpha value is -2.41. The van der Waals surface area contributed by atoms with Crippen LogP contribution in [-0.2, 0) is 9.59 Å². The molecule has 7 rings (SSSR count). The number of rotatable bonds is 4. The number of thioether (sulfide) groups is 1. The van der Waals surface area contributed by atoms with E-state index in [-0.39, 0.29) is 28.7 Å². The number of nitrogens with one attached hydrogen (secondary N) is 1. The topological polar surface area (TPSA) is 49.4 Å². The normalized spacial score (nSPS) is 32.4. The highest BCUT2D eigenvalue weighted by Crippen LogP contribution is 2.60. The van der Waals surface area contributed by atoms with Crippen LogP contribution in [0, 0.1) is 34.8 Å². The number of benzene rings is 2. The van der Waals surface area contributed by atoms with Crippen LogP contribution in [-0.4, -0.2) is 17.6 Å². The van der Waals surface area contributed by atoms with Gasteiger partial charge >= 0.3 is 0 Å². The molecule has 0 spiro atoms. The molecule has 172 valence electrons. The van der Waals surface area contributed by atoms with Crippen molar-refractivity contribution in [3.05, 3.63) is 59.7 Å². The Morgan fingerprint density at radius 2 is 1.67 bits per heavy atom. The van der Waals surface area contributed by atoms with Gasteiger partial charge in [0.15, 0.2) is 0 Å². The first kappa shape index (κ1) is 21.1. The summed E-state index contributed by atoms with van der Waals surface area (Å²) in [5.41, 5.74) is 1.01. The molecular weight excluding hydrogens is 442 g/mol. The van der Waals surface area contributed by atoms with Crippen LogP contribution in [0.3, 0.4) is 0 Å². The molecule has 1 heterocycles. The summed E-state index contributed by atoms with van der Waals surface area (Å²) >= 11 is 1.36. The first-order valence-electron chi connectivity index (χ1n) is 11.7. The van der Waals surface area contributed by atoms with Crippen LogP contribution in [0.4, 0.5) is 20.2 Å². The Morgan fingerprint density at radius 1 is 1.00 bits per heavy atom. The van der Waals surface area contributed by atoms with Crippen molar-refractivity contribution in [3.63, 3.8) is 0 Å². The molecule has 2 amide bonds. The van der Waals surface area contributed by atoms with E-state index in [2.05, 4.69) is 5.32 Å². The number of hydrogen-bond acceptors (Lipinski definition) is 3. The molecule has 2 aromatic carbocycles. The second kappa shape index (κ2) is 7.83. The zero-order chi connectivity index (χ0) is 22.7. The largest absolute Gasteiger partial charge is 0.325 e. The summed E-state index contributed by atoms with van der Waals surface area (Å²) in [6.45, 7) is 0. The number of anilines is 2. The van der Waals surface area contributed by atoms with Gasteiger partial charge in [-0.05, 0) is 74.5 Å². The summed E-state index contributed by atoms with van der Waals surface area (Å²) in [7, 11) is 0. The molecule has 4 nitrogen and oxygen atoms in total. The number of nitrogens with zero attached hydrogens (tertiary/aromatic N) is 1. The average molecular weight is 469 g/mol. The van der Waals surface area contributed by atoms with E-state index in [0.717, 1.165) is 43.0 Å². The Labute approximate surface area is 196 Å². The summed E-state index contributed by atoms with van der Waals surface area (Å²) < 4.78 is 28.5. The highest BCUT2D eigenvalue weighted by atomic mass is 32.2. The van der Waals surface area contributed by atoms with Crippen LogP contribution in [0.25, 0.3) is 0 Å². The molecule has 2 aromatic rings. The maximum Gasteiger partial charge on any atom is 0.238 e. The standard InChI is InChI=1S/C26H26F2N2O2S/c27-18-5-6-20(28)22(10-18)30-23(31)14-33-24(30)19-3-1-2-4-21(19)29-25(32)26-11-15-7-16(12-26)9-17(8-15)13-26/h1-6,10,15-17,24H,7-9,11-14H2,(H,29,32)/t15?,16?,17?,24-,26?/m1/s1. The van der Waals surface area contributed by atoms with Crippen LogP contribution < -0.4 is 10.2 Å². The van der Waals surface area contributed by atoms with E-state index in [0.29, 0.717) is 23.4 Å². The van der Waals surface area contributed by atoms with Gasteiger partial charge in [0, 0.05) is 17.3 Å². The van der Waals surface area contributed by atoms with Crippen LogP contribution >= 0.6 is 11.8 Å². The highest BCUT2D eigenvalue weighted by molar-refractivity contribution is 8.00. The Kier molecular flexibility index (Phi) is 5.02. The van der Waals surface area contributed by atoms with Gasteiger partial charge in [-0.1, -0.05) is 18.2 Å². The number of para-hydroxylation sites is 1. The van der Waals surface area contributed by atoms with E-state index in [1.807, 2.05) is 24.3 Å². The van der Waals surface area contributed by atoms with Crippen molar-refractivity contribution in [2.24, 2.45) is 23.2 Å². The van der Waals surface area contributed by atoms with Gasteiger partial charge < -0.3 is 5.32 Å². The van der Waals surface area contributed by atoms with Crippen molar-refractivity contribution in [1.82, 2.24) is 0 Å². The molecule has 1 aliphatic heterocycles. The van der Waals surface area contributed by atoms with Gasteiger partial charge in [0.25, 0.3) is 0 Å². The number of carbonyl (C=O) groups excluding carboxylic acids is 2. The maximum atomic E-state index is 14.6. The Bertz CT molecular complexity index is 1100. The van der Waals surface area contributed by atoms with Crippen molar-refractivity contribution in [2.75, 3.05) is 16.0 Å². The minimum Gasteiger partial charge on any atom is -0.325 e. The molecule has 4 bridgehead atoms. The van der Waals surface area contributed by atoms with Crippen molar-refractivity contribution < 1.29 is 18.4 Å². The average Bonchev–Trinajstić information content (AvgIpc) is 3.16. The summed E-state index contributed by atoms with van der Waals surface area (Å²) in [6.07, 6.45) is 6.67. The fourth-order valence-electron chi connectivity index (χ4n) is 7.05. The van der Waals surface area contributed by atoms with E-state index < -0.39 is 17.0 Å². The smallest absolute Gasteiger partial charge is 0.238 e. The van der Waals surface area contributed by atoms with E-state index in [1.165, 1.54) is 35.9 Å². The molecule has 1 atom stereocenters. The summed E-state index contributed by atoms with van der Waals surface area (Å²) in [6, 6.07) is 10.5. The van der Waals surface area contributed by atoms with E-state index in [1.54, 1.807) is 0 Å². The third-order valence-corrected chi connectivity index (χ3v) is 9.22. The summed E-state index contributed by atoms with van der Waals surface area (Å²) in [4.78, 5) is 27.7.